The zero-order valence-corrected chi connectivity index (χ0v) is 10.1. The van der Waals surface area contributed by atoms with Crippen LogP contribution in [0.4, 0.5) is 0 Å². The summed E-state index contributed by atoms with van der Waals surface area (Å²) in [5, 5.41) is 9.10. The molecule has 0 aromatic rings. The zero-order valence-electron chi connectivity index (χ0n) is 10.1. The molecule has 15 heavy (non-hydrogen) atoms. The van der Waals surface area contributed by atoms with Gasteiger partial charge in [-0.2, -0.15) is 0 Å². The number of aliphatic carboxylic acids is 1. The molecule has 1 saturated carbocycles. The standard InChI is InChI=1S/C12H23NO2/c1-12(2,11(14)15)13(3)9-10-7-5-4-6-8-10/h10H,4-9H2,1-3H3,(H,14,15). The van der Waals surface area contributed by atoms with Gasteiger partial charge in [-0.15, -0.1) is 0 Å². The highest BCUT2D eigenvalue weighted by molar-refractivity contribution is 5.77. The van der Waals surface area contributed by atoms with E-state index in [-0.39, 0.29) is 0 Å². The van der Waals surface area contributed by atoms with Crippen LogP contribution >= 0.6 is 0 Å². The molecular formula is C12H23NO2. The first-order valence-corrected chi connectivity index (χ1v) is 5.89. The quantitative estimate of drug-likeness (QED) is 0.779. The molecule has 1 aliphatic carbocycles. The van der Waals surface area contributed by atoms with Crippen molar-refractivity contribution in [2.45, 2.75) is 51.5 Å². The highest BCUT2D eigenvalue weighted by Gasteiger charge is 2.33. The van der Waals surface area contributed by atoms with Crippen molar-refractivity contribution in [1.29, 1.82) is 0 Å². The van der Waals surface area contributed by atoms with Crippen LogP contribution in [0.2, 0.25) is 0 Å². The molecule has 1 N–H and O–H groups in total. The summed E-state index contributed by atoms with van der Waals surface area (Å²) in [5.74, 6) is -0.0387. The summed E-state index contributed by atoms with van der Waals surface area (Å²) in [6.07, 6.45) is 6.50. The zero-order chi connectivity index (χ0) is 11.5. The molecule has 0 bridgehead atoms. The van der Waals surface area contributed by atoms with Crippen molar-refractivity contribution >= 4 is 5.97 Å². The molecule has 1 aliphatic rings. The third-order valence-corrected chi connectivity index (χ3v) is 3.73. The first kappa shape index (κ1) is 12.5. The number of carboxylic acids is 1. The van der Waals surface area contributed by atoms with Gasteiger partial charge in [-0.25, -0.2) is 0 Å². The summed E-state index contributed by atoms with van der Waals surface area (Å²) in [5.41, 5.74) is -0.739. The van der Waals surface area contributed by atoms with Crippen molar-refractivity contribution in [3.8, 4) is 0 Å². The maximum absolute atomic E-state index is 11.1. The molecule has 0 unspecified atom stereocenters. The minimum atomic E-state index is -0.739. The molecular weight excluding hydrogens is 190 g/mol. The lowest BCUT2D eigenvalue weighted by molar-refractivity contribution is -0.148. The Balaban J connectivity index is 2.46. The van der Waals surface area contributed by atoms with Crippen LogP contribution in [0.3, 0.4) is 0 Å². The molecule has 0 saturated heterocycles. The van der Waals surface area contributed by atoms with Gasteiger partial charge in [0.15, 0.2) is 0 Å². The SMILES string of the molecule is CN(CC1CCCCC1)C(C)(C)C(=O)O. The number of nitrogens with zero attached hydrogens (tertiary/aromatic N) is 1. The number of hydrogen-bond donors (Lipinski definition) is 1. The maximum atomic E-state index is 11.1. The van der Waals surface area contributed by atoms with Gasteiger partial charge < -0.3 is 5.11 Å². The Morgan fingerprint density at radius 2 is 1.87 bits per heavy atom. The van der Waals surface area contributed by atoms with Gasteiger partial charge in [0.05, 0.1) is 0 Å². The summed E-state index contributed by atoms with van der Waals surface area (Å²) in [7, 11) is 1.92. The van der Waals surface area contributed by atoms with Crippen molar-refractivity contribution in [3.05, 3.63) is 0 Å². The van der Waals surface area contributed by atoms with Crippen LogP contribution in [-0.4, -0.2) is 35.1 Å². The molecule has 0 heterocycles. The van der Waals surface area contributed by atoms with E-state index in [1.165, 1.54) is 32.1 Å². The van der Waals surface area contributed by atoms with Gasteiger partial charge in [0, 0.05) is 6.54 Å². The first-order chi connectivity index (χ1) is 6.94. The Kier molecular flexibility index (Phi) is 4.14. The predicted octanol–water partition coefficient (Wildman–Crippen LogP) is 2.36. The number of hydrogen-bond acceptors (Lipinski definition) is 2. The number of rotatable bonds is 4. The fourth-order valence-electron chi connectivity index (χ4n) is 2.15. The van der Waals surface area contributed by atoms with E-state index in [0.717, 1.165) is 6.54 Å². The monoisotopic (exact) mass is 213 g/mol. The highest BCUT2D eigenvalue weighted by Crippen LogP contribution is 2.26. The van der Waals surface area contributed by atoms with E-state index < -0.39 is 11.5 Å². The first-order valence-electron chi connectivity index (χ1n) is 5.89. The van der Waals surface area contributed by atoms with Gasteiger partial charge in [0.1, 0.15) is 5.54 Å². The van der Waals surface area contributed by atoms with E-state index in [0.29, 0.717) is 5.92 Å². The predicted molar refractivity (Wildman–Crippen MR) is 60.9 cm³/mol. The highest BCUT2D eigenvalue weighted by atomic mass is 16.4. The fourth-order valence-corrected chi connectivity index (χ4v) is 2.15. The van der Waals surface area contributed by atoms with Crippen molar-refractivity contribution in [2.75, 3.05) is 13.6 Å². The summed E-state index contributed by atoms with van der Waals surface area (Å²) in [4.78, 5) is 13.0. The van der Waals surface area contributed by atoms with Crippen LogP contribution in [0.15, 0.2) is 0 Å². The van der Waals surface area contributed by atoms with E-state index in [9.17, 15) is 4.79 Å². The second kappa shape index (κ2) is 4.97. The average Bonchev–Trinajstić information content (AvgIpc) is 2.18. The molecule has 0 aliphatic heterocycles. The van der Waals surface area contributed by atoms with E-state index >= 15 is 0 Å². The summed E-state index contributed by atoms with van der Waals surface area (Å²) >= 11 is 0. The smallest absolute Gasteiger partial charge is 0.323 e. The summed E-state index contributed by atoms with van der Waals surface area (Å²) < 4.78 is 0. The second-order valence-corrected chi connectivity index (χ2v) is 5.25. The summed E-state index contributed by atoms with van der Waals surface area (Å²) in [6.45, 7) is 4.47. The van der Waals surface area contributed by atoms with Gasteiger partial charge in [0.2, 0.25) is 0 Å². The third kappa shape index (κ3) is 3.20. The van der Waals surface area contributed by atoms with Crippen LogP contribution in [0.5, 0.6) is 0 Å². The lowest BCUT2D eigenvalue weighted by atomic mass is 9.88. The van der Waals surface area contributed by atoms with Crippen molar-refractivity contribution in [1.82, 2.24) is 4.90 Å². The van der Waals surface area contributed by atoms with E-state index in [1.54, 1.807) is 13.8 Å². The van der Waals surface area contributed by atoms with Crippen LogP contribution in [0.25, 0.3) is 0 Å². The Bertz CT molecular complexity index is 220. The Morgan fingerprint density at radius 1 is 1.33 bits per heavy atom. The Labute approximate surface area is 92.5 Å². The summed E-state index contributed by atoms with van der Waals surface area (Å²) in [6, 6.07) is 0. The molecule has 0 aromatic heterocycles. The van der Waals surface area contributed by atoms with Crippen molar-refractivity contribution in [3.63, 3.8) is 0 Å². The fraction of sp³-hybridized carbons (Fsp3) is 0.917. The van der Waals surface area contributed by atoms with Gasteiger partial charge in [-0.05, 0) is 39.7 Å². The number of likely N-dealkylation sites (N-methyl/N-ethyl adjacent to an activating group) is 1. The molecule has 3 heteroatoms. The lowest BCUT2D eigenvalue weighted by Gasteiger charge is -2.35. The molecule has 0 atom stereocenters. The minimum absolute atomic E-state index is 0.697. The Hall–Kier alpha value is -0.570. The minimum Gasteiger partial charge on any atom is -0.480 e. The molecule has 1 fully saturated rings. The van der Waals surface area contributed by atoms with Crippen LogP contribution in [0, 0.1) is 5.92 Å². The van der Waals surface area contributed by atoms with Crippen LogP contribution < -0.4 is 0 Å². The van der Waals surface area contributed by atoms with Crippen molar-refractivity contribution in [2.24, 2.45) is 5.92 Å². The van der Waals surface area contributed by atoms with Crippen LogP contribution in [0.1, 0.15) is 46.0 Å². The van der Waals surface area contributed by atoms with Gasteiger partial charge >= 0.3 is 5.97 Å². The normalized spacial score (nSPS) is 19.5. The van der Waals surface area contributed by atoms with E-state index in [4.69, 9.17) is 5.11 Å². The lowest BCUT2D eigenvalue weighted by Crippen LogP contribution is -2.49. The number of carboxylic acid groups (broad SMARTS) is 1. The third-order valence-electron chi connectivity index (χ3n) is 3.73. The van der Waals surface area contributed by atoms with Gasteiger partial charge in [-0.1, -0.05) is 19.3 Å². The van der Waals surface area contributed by atoms with E-state index in [2.05, 4.69) is 0 Å². The van der Waals surface area contributed by atoms with E-state index in [1.807, 2.05) is 11.9 Å². The van der Waals surface area contributed by atoms with Gasteiger partial charge in [-0.3, -0.25) is 9.69 Å². The second-order valence-electron chi connectivity index (χ2n) is 5.25. The average molecular weight is 213 g/mol. The molecule has 3 nitrogen and oxygen atoms in total. The molecule has 0 spiro atoms. The molecule has 1 rings (SSSR count). The largest absolute Gasteiger partial charge is 0.480 e. The molecule has 0 radical (unpaired) electrons. The van der Waals surface area contributed by atoms with Crippen molar-refractivity contribution < 1.29 is 9.90 Å². The van der Waals surface area contributed by atoms with Crippen LogP contribution in [-0.2, 0) is 4.79 Å². The molecule has 88 valence electrons. The van der Waals surface area contributed by atoms with Gasteiger partial charge in [0.25, 0.3) is 0 Å². The maximum Gasteiger partial charge on any atom is 0.323 e. The number of carbonyl (C=O) groups is 1. The Morgan fingerprint density at radius 3 is 2.33 bits per heavy atom. The molecule has 0 aromatic carbocycles. The topological polar surface area (TPSA) is 40.5 Å². The molecule has 0 amide bonds.